The molecule has 9 heteroatoms. The molecular weight excluding hydrogens is 543 g/mol. The molecule has 0 aliphatic rings. The highest BCUT2D eigenvalue weighted by molar-refractivity contribution is 14.1. The maximum Gasteiger partial charge on any atom is 0.261 e. The highest BCUT2D eigenvalue weighted by Crippen LogP contribution is 2.31. The van der Waals surface area contributed by atoms with Crippen LogP contribution in [0.5, 0.6) is 0 Å². The number of benzene rings is 2. The Bertz CT molecular complexity index is 1510. The fraction of sp³-hybridized carbons (Fsp3) is 0.160. The van der Waals surface area contributed by atoms with Crippen LogP contribution in [-0.4, -0.2) is 36.2 Å². The van der Waals surface area contributed by atoms with Gasteiger partial charge in [0.15, 0.2) is 0 Å². The van der Waals surface area contributed by atoms with E-state index in [0.29, 0.717) is 23.5 Å². The van der Waals surface area contributed by atoms with E-state index in [-0.39, 0.29) is 18.2 Å². The predicted molar refractivity (Wildman–Crippen MR) is 141 cm³/mol. The number of pyridine rings is 1. The van der Waals surface area contributed by atoms with Crippen LogP contribution in [0.4, 0.5) is 5.69 Å². The Morgan fingerprint density at radius 1 is 1.24 bits per heavy atom. The van der Waals surface area contributed by atoms with Gasteiger partial charge < -0.3 is 25.0 Å². The van der Waals surface area contributed by atoms with E-state index in [2.05, 4.69) is 42.9 Å². The predicted octanol–water partition coefficient (Wildman–Crippen LogP) is 4.55. The van der Waals surface area contributed by atoms with Crippen molar-refractivity contribution in [1.29, 1.82) is 0 Å². The van der Waals surface area contributed by atoms with Crippen LogP contribution >= 0.6 is 22.6 Å². The van der Waals surface area contributed by atoms with Crippen molar-refractivity contribution in [2.45, 2.75) is 19.4 Å². The number of nitrogens with zero attached hydrogens (tertiary/aromatic N) is 3. The van der Waals surface area contributed by atoms with Crippen molar-refractivity contribution in [2.24, 2.45) is 0 Å². The van der Waals surface area contributed by atoms with Crippen molar-refractivity contribution in [3.8, 4) is 17.1 Å². The minimum absolute atomic E-state index is 0.0159. The van der Waals surface area contributed by atoms with E-state index in [9.17, 15) is 9.90 Å². The first-order valence-electron chi connectivity index (χ1n) is 10.9. The third kappa shape index (κ3) is 4.24. The lowest BCUT2D eigenvalue weighted by atomic mass is 10.0. The van der Waals surface area contributed by atoms with Crippen LogP contribution in [0.15, 0.2) is 72.2 Å². The molecule has 0 radical (unpaired) electrons. The van der Waals surface area contributed by atoms with Gasteiger partial charge in [0.25, 0.3) is 5.56 Å². The van der Waals surface area contributed by atoms with E-state index in [0.717, 1.165) is 31.4 Å². The molecule has 0 bridgehead atoms. The van der Waals surface area contributed by atoms with Crippen LogP contribution in [0, 0.1) is 10.5 Å². The number of anilines is 1. The normalized spacial score (nSPS) is 12.2. The Hall–Kier alpha value is -3.44. The average molecular weight is 566 g/mol. The van der Waals surface area contributed by atoms with E-state index in [1.165, 1.54) is 0 Å². The second-order valence-corrected chi connectivity index (χ2v) is 9.20. The first-order chi connectivity index (χ1) is 16.5. The number of aryl methyl sites for hydroxylation is 1. The highest BCUT2D eigenvalue weighted by atomic mass is 127. The van der Waals surface area contributed by atoms with Crippen molar-refractivity contribution in [1.82, 2.24) is 24.5 Å². The maximum absolute atomic E-state index is 13.0. The topological polar surface area (TPSA) is 112 Å². The van der Waals surface area contributed by atoms with Gasteiger partial charge in [-0.1, -0.05) is 18.2 Å². The van der Waals surface area contributed by atoms with Crippen molar-refractivity contribution < 1.29 is 5.11 Å². The van der Waals surface area contributed by atoms with Gasteiger partial charge in [0.2, 0.25) is 0 Å². The lowest BCUT2D eigenvalue weighted by molar-refractivity contribution is 0.280. The molecule has 3 heterocycles. The van der Waals surface area contributed by atoms with Gasteiger partial charge in [-0.25, -0.2) is 9.97 Å². The van der Waals surface area contributed by atoms with Crippen molar-refractivity contribution in [2.75, 3.05) is 11.9 Å². The number of aromatic amines is 2. The molecule has 0 saturated carbocycles. The van der Waals surface area contributed by atoms with Crippen LogP contribution < -0.4 is 10.9 Å². The molecule has 4 N–H and O–H groups in total. The number of nitrogens with one attached hydrogen (secondary N) is 3. The van der Waals surface area contributed by atoms with Gasteiger partial charge in [-0.2, -0.15) is 0 Å². The Morgan fingerprint density at radius 3 is 2.85 bits per heavy atom. The van der Waals surface area contributed by atoms with Gasteiger partial charge in [0.05, 0.1) is 29.1 Å². The molecule has 1 atom stereocenters. The second kappa shape index (κ2) is 9.43. The minimum Gasteiger partial charge on any atom is -0.396 e. The standard InChI is InChI=1S/C25H23IN6O2/c1-15-12-16(32-10-9-27-14-32)13-21-23(15)31-24(30-21)22-20(6-8-28-25(22)34)29-19(7-11-33)17-4-2-3-5-18(17)26/h2-6,8-10,12-14,19,33H,7,11H2,1H3,(H,30,31)(H2,28,29,34). The molecule has 3 aromatic heterocycles. The van der Waals surface area contributed by atoms with Crippen LogP contribution in [0.25, 0.3) is 28.1 Å². The fourth-order valence-electron chi connectivity index (χ4n) is 4.16. The number of hydrogen-bond donors (Lipinski definition) is 4. The number of aromatic nitrogens is 5. The number of rotatable bonds is 7. The van der Waals surface area contributed by atoms with Crippen molar-refractivity contribution >= 4 is 39.3 Å². The lowest BCUT2D eigenvalue weighted by Crippen LogP contribution is -2.18. The number of hydrogen-bond acceptors (Lipinski definition) is 5. The molecule has 172 valence electrons. The summed E-state index contributed by atoms with van der Waals surface area (Å²) < 4.78 is 3.01. The average Bonchev–Trinajstić information content (AvgIpc) is 3.50. The van der Waals surface area contributed by atoms with Crippen molar-refractivity contribution in [3.63, 3.8) is 0 Å². The molecule has 8 nitrogen and oxygen atoms in total. The third-order valence-corrected chi connectivity index (χ3v) is 6.77. The Morgan fingerprint density at radius 2 is 2.09 bits per heavy atom. The molecule has 1 unspecified atom stereocenters. The molecule has 5 aromatic rings. The molecule has 0 aliphatic heterocycles. The fourth-order valence-corrected chi connectivity index (χ4v) is 4.93. The summed E-state index contributed by atoms with van der Waals surface area (Å²) in [7, 11) is 0. The summed E-state index contributed by atoms with van der Waals surface area (Å²) in [6.07, 6.45) is 7.48. The van der Waals surface area contributed by atoms with Crippen LogP contribution in [0.1, 0.15) is 23.6 Å². The summed E-state index contributed by atoms with van der Waals surface area (Å²) >= 11 is 2.29. The quantitative estimate of drug-likeness (QED) is 0.216. The molecular formula is C25H23IN6O2. The van der Waals surface area contributed by atoms with E-state index < -0.39 is 0 Å². The van der Waals surface area contributed by atoms with Crippen LogP contribution in [-0.2, 0) is 0 Å². The zero-order chi connectivity index (χ0) is 23.7. The molecule has 0 amide bonds. The lowest BCUT2D eigenvalue weighted by Gasteiger charge is -2.22. The summed E-state index contributed by atoms with van der Waals surface area (Å²) in [5, 5.41) is 13.2. The zero-order valence-electron chi connectivity index (χ0n) is 18.4. The molecule has 0 fully saturated rings. The molecule has 5 rings (SSSR count). The Labute approximate surface area is 209 Å². The zero-order valence-corrected chi connectivity index (χ0v) is 20.6. The van der Waals surface area contributed by atoms with Gasteiger partial charge in [-0.15, -0.1) is 0 Å². The van der Waals surface area contributed by atoms with E-state index in [1.807, 2.05) is 60.2 Å². The number of aliphatic hydroxyl groups excluding tert-OH is 1. The number of halogens is 1. The first-order valence-corrected chi connectivity index (χ1v) is 12.0. The van der Waals surface area contributed by atoms with E-state index in [4.69, 9.17) is 4.98 Å². The smallest absolute Gasteiger partial charge is 0.261 e. The summed E-state index contributed by atoms with van der Waals surface area (Å²) in [6.45, 7) is 2.01. The van der Waals surface area contributed by atoms with E-state index >= 15 is 0 Å². The molecule has 0 saturated heterocycles. The largest absolute Gasteiger partial charge is 0.396 e. The SMILES string of the molecule is Cc1cc(-n2ccnc2)cc2[nH]c(-c3c(NC(CCO)c4ccccc4I)cc[nH]c3=O)nc12. The first kappa shape index (κ1) is 22.4. The monoisotopic (exact) mass is 566 g/mol. The number of imidazole rings is 2. The van der Waals surface area contributed by atoms with Gasteiger partial charge >= 0.3 is 0 Å². The van der Waals surface area contributed by atoms with Crippen LogP contribution in [0.2, 0.25) is 0 Å². The molecule has 0 aliphatic carbocycles. The highest BCUT2D eigenvalue weighted by Gasteiger charge is 2.20. The summed E-state index contributed by atoms with van der Waals surface area (Å²) in [6, 6.07) is 13.7. The van der Waals surface area contributed by atoms with Gasteiger partial charge in [0.1, 0.15) is 11.4 Å². The Balaban J connectivity index is 1.59. The summed E-state index contributed by atoms with van der Waals surface area (Å²) in [4.78, 5) is 28.0. The summed E-state index contributed by atoms with van der Waals surface area (Å²) in [5.41, 5.74) is 5.47. The second-order valence-electron chi connectivity index (χ2n) is 8.04. The van der Waals surface area contributed by atoms with Gasteiger partial charge in [0, 0.05) is 34.5 Å². The van der Waals surface area contributed by atoms with Gasteiger partial charge in [-0.3, -0.25) is 4.79 Å². The molecule has 2 aromatic carbocycles. The molecule has 0 spiro atoms. The third-order valence-electron chi connectivity index (χ3n) is 5.79. The maximum atomic E-state index is 13.0. The van der Waals surface area contributed by atoms with Crippen LogP contribution in [0.3, 0.4) is 0 Å². The van der Waals surface area contributed by atoms with E-state index in [1.54, 1.807) is 18.7 Å². The number of aliphatic hydroxyl groups is 1. The number of H-pyrrole nitrogens is 2. The minimum atomic E-state index is -0.248. The Kier molecular flexibility index (Phi) is 6.20. The van der Waals surface area contributed by atoms with Crippen molar-refractivity contribution in [3.05, 3.63) is 92.4 Å². The number of fused-ring (bicyclic) bond motifs is 1. The molecule has 34 heavy (non-hydrogen) atoms. The van der Waals surface area contributed by atoms with Gasteiger partial charge in [-0.05, 0) is 71.3 Å². The summed E-state index contributed by atoms with van der Waals surface area (Å²) in [5.74, 6) is 0.482.